The maximum Gasteiger partial charge on any atom is 0.264 e. The van der Waals surface area contributed by atoms with E-state index in [-0.39, 0.29) is 12.5 Å². The minimum atomic E-state index is -0.765. The maximum atomic E-state index is 12.9. The first-order chi connectivity index (χ1) is 12.1. The number of benzene rings is 1. The highest BCUT2D eigenvalue weighted by atomic mass is 16.5. The third kappa shape index (κ3) is 3.61. The summed E-state index contributed by atoms with van der Waals surface area (Å²) in [6, 6.07) is 8.42. The lowest BCUT2D eigenvalue weighted by Crippen LogP contribution is -2.48. The summed E-state index contributed by atoms with van der Waals surface area (Å²) in [5.41, 5.74) is 0.383. The van der Waals surface area contributed by atoms with Gasteiger partial charge in [-0.3, -0.25) is 4.79 Å². The van der Waals surface area contributed by atoms with E-state index in [0.717, 1.165) is 0 Å². The average Bonchev–Trinajstić information content (AvgIpc) is 3.07. The van der Waals surface area contributed by atoms with E-state index in [0.29, 0.717) is 36.2 Å². The number of amides is 1. The zero-order valence-corrected chi connectivity index (χ0v) is 14.0. The Bertz CT molecular complexity index is 798. The standard InChI is InChI=1S/C17H18N4O4/c1-11(24-15-6-4-3-5-13(15)9-18)17(22)21-7-8-23-10-14(21)16-20-19-12(2)25-16/h3-6,11,14H,7-8,10H2,1-2H3/t11-,14-/m0/s1. The molecule has 0 saturated carbocycles. The van der Waals surface area contributed by atoms with E-state index in [2.05, 4.69) is 16.3 Å². The predicted molar refractivity (Wildman–Crippen MR) is 85.6 cm³/mol. The molecule has 1 amide bonds. The van der Waals surface area contributed by atoms with Crippen LogP contribution in [0.1, 0.15) is 30.3 Å². The van der Waals surface area contributed by atoms with Crippen molar-refractivity contribution in [1.29, 1.82) is 5.26 Å². The molecular weight excluding hydrogens is 324 g/mol. The number of hydrogen-bond donors (Lipinski definition) is 0. The van der Waals surface area contributed by atoms with Crippen molar-refractivity contribution in [3.05, 3.63) is 41.6 Å². The van der Waals surface area contributed by atoms with E-state index in [1.165, 1.54) is 0 Å². The SMILES string of the molecule is Cc1nnc([C@@H]2COCCN2C(=O)[C@H](C)Oc2ccccc2C#N)o1. The number of para-hydroxylation sites is 1. The lowest BCUT2D eigenvalue weighted by atomic mass is 10.2. The largest absolute Gasteiger partial charge is 0.480 e. The van der Waals surface area contributed by atoms with Crippen molar-refractivity contribution in [2.75, 3.05) is 19.8 Å². The highest BCUT2D eigenvalue weighted by Gasteiger charge is 2.35. The van der Waals surface area contributed by atoms with Gasteiger partial charge in [0.1, 0.15) is 17.9 Å². The van der Waals surface area contributed by atoms with Crippen LogP contribution in [0, 0.1) is 18.3 Å². The molecule has 130 valence electrons. The van der Waals surface area contributed by atoms with E-state index in [9.17, 15) is 4.79 Å². The molecule has 0 unspecified atom stereocenters. The number of aromatic nitrogens is 2. The predicted octanol–water partition coefficient (Wildman–Crippen LogP) is 1.62. The highest BCUT2D eigenvalue weighted by Crippen LogP contribution is 2.25. The van der Waals surface area contributed by atoms with Crippen molar-refractivity contribution < 1.29 is 18.7 Å². The molecule has 1 aromatic heterocycles. The number of rotatable bonds is 4. The van der Waals surface area contributed by atoms with E-state index in [1.54, 1.807) is 43.0 Å². The van der Waals surface area contributed by atoms with Crippen LogP contribution in [0.15, 0.2) is 28.7 Å². The molecule has 2 aromatic rings. The van der Waals surface area contributed by atoms with Crippen LogP contribution < -0.4 is 4.74 Å². The van der Waals surface area contributed by atoms with E-state index in [1.807, 2.05) is 0 Å². The van der Waals surface area contributed by atoms with Crippen LogP contribution >= 0.6 is 0 Å². The van der Waals surface area contributed by atoms with Gasteiger partial charge in [0.25, 0.3) is 5.91 Å². The summed E-state index contributed by atoms with van der Waals surface area (Å²) in [6.07, 6.45) is -0.765. The van der Waals surface area contributed by atoms with Crippen molar-refractivity contribution in [1.82, 2.24) is 15.1 Å². The van der Waals surface area contributed by atoms with Crippen molar-refractivity contribution >= 4 is 5.91 Å². The van der Waals surface area contributed by atoms with Crippen LogP contribution in [0.25, 0.3) is 0 Å². The second-order valence-corrected chi connectivity index (χ2v) is 5.65. The molecule has 0 aliphatic carbocycles. The number of nitriles is 1. The molecule has 1 aliphatic rings. The quantitative estimate of drug-likeness (QED) is 0.832. The van der Waals surface area contributed by atoms with Crippen LogP contribution in [-0.4, -0.2) is 46.9 Å². The minimum absolute atomic E-state index is 0.225. The number of nitrogens with zero attached hydrogens (tertiary/aromatic N) is 4. The Morgan fingerprint density at radius 2 is 2.24 bits per heavy atom. The first kappa shape index (κ1) is 16.9. The molecule has 2 atom stereocenters. The van der Waals surface area contributed by atoms with Crippen LogP contribution in [0.4, 0.5) is 0 Å². The zero-order chi connectivity index (χ0) is 17.8. The minimum Gasteiger partial charge on any atom is -0.480 e. The van der Waals surface area contributed by atoms with Crippen molar-refractivity contribution in [3.63, 3.8) is 0 Å². The lowest BCUT2D eigenvalue weighted by Gasteiger charge is -2.35. The molecule has 8 heteroatoms. The fourth-order valence-electron chi connectivity index (χ4n) is 2.65. The van der Waals surface area contributed by atoms with Gasteiger partial charge in [-0.2, -0.15) is 5.26 Å². The summed E-state index contributed by atoms with van der Waals surface area (Å²) < 4.78 is 16.6. The van der Waals surface area contributed by atoms with Gasteiger partial charge < -0.3 is 18.8 Å². The number of ether oxygens (including phenoxy) is 2. The molecule has 1 fully saturated rings. The molecule has 0 bridgehead atoms. The summed E-state index contributed by atoms with van der Waals surface area (Å²) in [4.78, 5) is 14.5. The first-order valence-electron chi connectivity index (χ1n) is 7.94. The molecule has 1 aromatic carbocycles. The highest BCUT2D eigenvalue weighted by molar-refractivity contribution is 5.81. The van der Waals surface area contributed by atoms with E-state index >= 15 is 0 Å². The molecular formula is C17H18N4O4. The fraction of sp³-hybridized carbons (Fsp3) is 0.412. The first-order valence-corrected chi connectivity index (χ1v) is 7.94. The third-order valence-corrected chi connectivity index (χ3v) is 3.90. The summed E-state index contributed by atoms with van der Waals surface area (Å²) in [5.74, 6) is 0.927. The summed E-state index contributed by atoms with van der Waals surface area (Å²) >= 11 is 0. The molecule has 3 rings (SSSR count). The van der Waals surface area contributed by atoms with E-state index < -0.39 is 12.1 Å². The van der Waals surface area contributed by atoms with Crippen LogP contribution in [0.3, 0.4) is 0 Å². The number of hydrogen-bond acceptors (Lipinski definition) is 7. The van der Waals surface area contributed by atoms with Crippen molar-refractivity contribution in [3.8, 4) is 11.8 Å². The molecule has 8 nitrogen and oxygen atoms in total. The molecule has 2 heterocycles. The number of morpholine rings is 1. The topological polar surface area (TPSA) is 101 Å². The summed E-state index contributed by atoms with van der Waals surface area (Å²) in [6.45, 7) is 4.46. The van der Waals surface area contributed by atoms with Gasteiger partial charge in [0, 0.05) is 13.5 Å². The fourth-order valence-corrected chi connectivity index (χ4v) is 2.65. The van der Waals surface area contributed by atoms with Gasteiger partial charge in [-0.25, -0.2) is 0 Å². The van der Waals surface area contributed by atoms with Crippen molar-refractivity contribution in [2.24, 2.45) is 0 Å². The number of aryl methyl sites for hydroxylation is 1. The van der Waals surface area contributed by atoms with Gasteiger partial charge in [0.15, 0.2) is 6.10 Å². The van der Waals surface area contributed by atoms with Gasteiger partial charge in [-0.1, -0.05) is 12.1 Å². The Kier molecular flexibility index (Phi) is 4.95. The van der Waals surface area contributed by atoms with Gasteiger partial charge in [0.2, 0.25) is 11.8 Å². The zero-order valence-electron chi connectivity index (χ0n) is 14.0. The van der Waals surface area contributed by atoms with Crippen LogP contribution in [0.2, 0.25) is 0 Å². The molecule has 1 aliphatic heterocycles. The molecule has 1 saturated heterocycles. The maximum absolute atomic E-state index is 12.9. The molecule has 25 heavy (non-hydrogen) atoms. The summed E-state index contributed by atoms with van der Waals surface area (Å²) in [7, 11) is 0. The average molecular weight is 342 g/mol. The summed E-state index contributed by atoms with van der Waals surface area (Å²) in [5, 5.41) is 17.0. The Balaban J connectivity index is 1.76. The Morgan fingerprint density at radius 3 is 2.96 bits per heavy atom. The normalized spacial score (nSPS) is 18.4. The molecule has 0 spiro atoms. The third-order valence-electron chi connectivity index (χ3n) is 3.90. The smallest absolute Gasteiger partial charge is 0.264 e. The second-order valence-electron chi connectivity index (χ2n) is 5.65. The van der Waals surface area contributed by atoms with Gasteiger partial charge in [-0.05, 0) is 19.1 Å². The van der Waals surface area contributed by atoms with Gasteiger partial charge in [0.05, 0.1) is 18.8 Å². The van der Waals surface area contributed by atoms with Crippen molar-refractivity contribution in [2.45, 2.75) is 26.0 Å². The van der Waals surface area contributed by atoms with Gasteiger partial charge in [-0.15, -0.1) is 10.2 Å². The number of carbonyl (C=O) groups excluding carboxylic acids is 1. The number of carbonyl (C=O) groups is 1. The Labute approximate surface area is 145 Å². The van der Waals surface area contributed by atoms with Crippen LogP contribution in [0.5, 0.6) is 5.75 Å². The molecule has 0 radical (unpaired) electrons. The van der Waals surface area contributed by atoms with Gasteiger partial charge >= 0.3 is 0 Å². The van der Waals surface area contributed by atoms with Crippen LogP contribution in [-0.2, 0) is 9.53 Å². The molecule has 0 N–H and O–H groups in total. The Hall–Kier alpha value is -2.92. The Morgan fingerprint density at radius 1 is 1.44 bits per heavy atom. The second kappa shape index (κ2) is 7.32. The lowest BCUT2D eigenvalue weighted by molar-refractivity contribution is -0.148. The van der Waals surface area contributed by atoms with E-state index in [4.69, 9.17) is 19.2 Å². The monoisotopic (exact) mass is 342 g/mol.